The number of nitrogens with zero attached hydrogens (tertiary/aromatic N) is 2. The summed E-state index contributed by atoms with van der Waals surface area (Å²) in [6, 6.07) is 13.8. The van der Waals surface area contributed by atoms with Crippen molar-refractivity contribution in [2.45, 2.75) is 12.5 Å². The van der Waals surface area contributed by atoms with Crippen LogP contribution in [0.25, 0.3) is 0 Å². The highest BCUT2D eigenvalue weighted by atomic mass is 16.6. The molecule has 1 spiro atoms. The summed E-state index contributed by atoms with van der Waals surface area (Å²) in [5.41, 5.74) is 0.989. The molecule has 0 bridgehead atoms. The lowest BCUT2D eigenvalue weighted by atomic mass is 9.77. The van der Waals surface area contributed by atoms with Crippen molar-refractivity contribution < 1.29 is 19.1 Å². The molecular formula is C22H12N2O6. The molecule has 0 saturated carbocycles. The summed E-state index contributed by atoms with van der Waals surface area (Å²) in [7, 11) is 0. The summed E-state index contributed by atoms with van der Waals surface area (Å²) < 4.78 is 11.9. The highest BCUT2D eigenvalue weighted by Gasteiger charge is 2.53. The zero-order valence-electron chi connectivity index (χ0n) is 15.5. The van der Waals surface area contributed by atoms with Gasteiger partial charge in [0.1, 0.15) is 22.9 Å². The lowest BCUT2D eigenvalue weighted by Gasteiger charge is -2.36. The maximum atomic E-state index is 12.8. The molecule has 8 heteroatoms. The van der Waals surface area contributed by atoms with E-state index in [1.165, 1.54) is 31.2 Å². The van der Waals surface area contributed by atoms with Crippen molar-refractivity contribution in [2.24, 2.45) is 10.4 Å². The van der Waals surface area contributed by atoms with Gasteiger partial charge in [-0.15, -0.1) is 9.81 Å². The highest BCUT2D eigenvalue weighted by Crippen LogP contribution is 2.57. The molecule has 3 aromatic carbocycles. The van der Waals surface area contributed by atoms with Crippen LogP contribution in [0.4, 0.5) is 11.4 Å². The van der Waals surface area contributed by atoms with E-state index in [1.807, 2.05) is 0 Å². The quantitative estimate of drug-likeness (QED) is 0.337. The van der Waals surface area contributed by atoms with Crippen molar-refractivity contribution in [3.8, 4) is 11.5 Å². The van der Waals surface area contributed by atoms with Gasteiger partial charge in [-0.1, -0.05) is 6.07 Å². The molecule has 0 radical (unpaired) electrons. The summed E-state index contributed by atoms with van der Waals surface area (Å²) >= 11 is 0. The summed E-state index contributed by atoms with van der Waals surface area (Å²) in [6.45, 7) is 1.43. The SMILES string of the molecule is CC(=O)c1ccc2c(c1)C1(OC2=O)c2ccc(N=O)cc2Oc2cc(N=O)ccc21. The normalized spacial score (nSPS) is 14.8. The fourth-order valence-corrected chi connectivity index (χ4v) is 4.03. The van der Waals surface area contributed by atoms with Crippen molar-refractivity contribution in [2.75, 3.05) is 0 Å². The largest absolute Gasteiger partial charge is 0.456 e. The number of fused-ring (bicyclic) bond motifs is 6. The number of ketones is 1. The van der Waals surface area contributed by atoms with Gasteiger partial charge in [0.2, 0.25) is 0 Å². The molecule has 0 N–H and O–H groups in total. The molecule has 3 aromatic rings. The van der Waals surface area contributed by atoms with Gasteiger partial charge in [0.05, 0.1) is 5.56 Å². The van der Waals surface area contributed by atoms with E-state index in [1.54, 1.807) is 30.3 Å². The predicted octanol–water partition coefficient (Wildman–Crippen LogP) is 5.25. The van der Waals surface area contributed by atoms with Gasteiger partial charge in [-0.25, -0.2) is 4.79 Å². The van der Waals surface area contributed by atoms with Crippen LogP contribution in [-0.4, -0.2) is 11.8 Å². The van der Waals surface area contributed by atoms with E-state index in [0.29, 0.717) is 27.8 Å². The third-order valence-corrected chi connectivity index (χ3v) is 5.39. The van der Waals surface area contributed by atoms with Crippen LogP contribution in [0, 0.1) is 9.81 Å². The fraction of sp³-hybridized carbons (Fsp3) is 0.0909. The first-order chi connectivity index (χ1) is 14.5. The van der Waals surface area contributed by atoms with Crippen LogP contribution >= 0.6 is 0 Å². The number of carbonyl (C=O) groups is 2. The first kappa shape index (κ1) is 17.9. The molecular weight excluding hydrogens is 388 g/mol. The molecule has 0 unspecified atom stereocenters. The average molecular weight is 400 g/mol. The summed E-state index contributed by atoms with van der Waals surface area (Å²) in [5.74, 6) is -0.233. The van der Waals surface area contributed by atoms with Crippen molar-refractivity contribution in [3.63, 3.8) is 0 Å². The fourth-order valence-electron chi connectivity index (χ4n) is 4.03. The first-order valence-corrected chi connectivity index (χ1v) is 9.00. The van der Waals surface area contributed by atoms with Crippen molar-refractivity contribution in [3.05, 3.63) is 92.2 Å². The smallest absolute Gasteiger partial charge is 0.340 e. The maximum Gasteiger partial charge on any atom is 0.340 e. The number of Topliss-reactive ketones (excluding diaryl/α,β-unsaturated/α-hetero) is 1. The molecule has 0 atom stereocenters. The number of carbonyl (C=O) groups excluding carboxylic acids is 2. The average Bonchev–Trinajstić information content (AvgIpc) is 3.05. The minimum absolute atomic E-state index is 0.124. The van der Waals surface area contributed by atoms with Crippen LogP contribution in [0.1, 0.15) is 44.3 Å². The zero-order chi connectivity index (χ0) is 21.0. The Morgan fingerprint density at radius 3 is 1.97 bits per heavy atom. The second-order valence-corrected chi connectivity index (χ2v) is 7.03. The van der Waals surface area contributed by atoms with Gasteiger partial charge in [0, 0.05) is 34.4 Å². The minimum atomic E-state index is -1.41. The molecule has 0 amide bonds. The standard InChI is InChI=1S/C22H12N2O6/c1-11(25)12-2-5-15-18(8-12)22(30-21(15)26)16-6-3-13(23-27)9-19(16)29-20-10-14(24-28)4-7-17(20)22/h2-10H,1H3. The van der Waals surface area contributed by atoms with E-state index in [4.69, 9.17) is 9.47 Å². The topological polar surface area (TPSA) is 111 Å². The minimum Gasteiger partial charge on any atom is -0.456 e. The third-order valence-electron chi connectivity index (χ3n) is 5.39. The van der Waals surface area contributed by atoms with Gasteiger partial charge < -0.3 is 9.47 Å². The zero-order valence-corrected chi connectivity index (χ0v) is 15.5. The summed E-state index contributed by atoms with van der Waals surface area (Å²) in [5, 5.41) is 5.86. The molecule has 2 aliphatic heterocycles. The van der Waals surface area contributed by atoms with Crippen LogP contribution < -0.4 is 4.74 Å². The number of nitroso groups, excluding NO2 is 2. The van der Waals surface area contributed by atoms with Crippen LogP contribution in [0.15, 0.2) is 65.0 Å². The van der Waals surface area contributed by atoms with E-state index < -0.39 is 11.6 Å². The van der Waals surface area contributed by atoms with Crippen LogP contribution in [0.3, 0.4) is 0 Å². The molecule has 0 fully saturated rings. The molecule has 2 aliphatic rings. The number of hydrogen-bond donors (Lipinski definition) is 0. The molecule has 5 rings (SSSR count). The molecule has 30 heavy (non-hydrogen) atoms. The lowest BCUT2D eigenvalue weighted by Crippen LogP contribution is -2.33. The van der Waals surface area contributed by atoms with Gasteiger partial charge >= 0.3 is 5.97 Å². The summed E-state index contributed by atoms with van der Waals surface area (Å²) in [6.07, 6.45) is 0. The van der Waals surface area contributed by atoms with E-state index in [-0.39, 0.29) is 28.7 Å². The molecule has 0 aliphatic carbocycles. The van der Waals surface area contributed by atoms with E-state index in [9.17, 15) is 19.4 Å². The Bertz CT molecular complexity index is 1240. The van der Waals surface area contributed by atoms with Crippen molar-refractivity contribution in [1.82, 2.24) is 0 Å². The number of benzene rings is 3. The molecule has 0 aromatic heterocycles. The number of rotatable bonds is 3. The van der Waals surface area contributed by atoms with Gasteiger partial charge in [-0.2, -0.15) is 0 Å². The lowest BCUT2D eigenvalue weighted by molar-refractivity contribution is 0.0224. The second kappa shape index (κ2) is 6.15. The Hall–Kier alpha value is -4.20. The monoisotopic (exact) mass is 400 g/mol. The Kier molecular flexibility index (Phi) is 3.66. The maximum absolute atomic E-state index is 12.8. The van der Waals surface area contributed by atoms with E-state index in [0.717, 1.165) is 0 Å². The molecule has 8 nitrogen and oxygen atoms in total. The highest BCUT2D eigenvalue weighted by molar-refractivity contribution is 6.00. The summed E-state index contributed by atoms with van der Waals surface area (Å²) in [4.78, 5) is 46.9. The molecule has 146 valence electrons. The van der Waals surface area contributed by atoms with Crippen molar-refractivity contribution in [1.29, 1.82) is 0 Å². The van der Waals surface area contributed by atoms with Crippen molar-refractivity contribution >= 4 is 23.1 Å². The van der Waals surface area contributed by atoms with E-state index in [2.05, 4.69) is 10.4 Å². The number of ether oxygens (including phenoxy) is 2. The van der Waals surface area contributed by atoms with Gasteiger partial charge in [0.25, 0.3) is 0 Å². The van der Waals surface area contributed by atoms with E-state index >= 15 is 0 Å². The second-order valence-electron chi connectivity index (χ2n) is 7.03. The third kappa shape index (κ3) is 2.27. The van der Waals surface area contributed by atoms with Gasteiger partial charge in [-0.3, -0.25) is 4.79 Å². The number of esters is 1. The molecule has 2 heterocycles. The van der Waals surface area contributed by atoms with Crippen LogP contribution in [0.5, 0.6) is 11.5 Å². The molecule has 0 saturated heterocycles. The Labute approximate surface area is 169 Å². The Morgan fingerprint density at radius 2 is 1.43 bits per heavy atom. The number of hydrogen-bond acceptors (Lipinski definition) is 8. The predicted molar refractivity (Wildman–Crippen MR) is 106 cm³/mol. The van der Waals surface area contributed by atoms with Gasteiger partial charge in [0.15, 0.2) is 11.4 Å². The van der Waals surface area contributed by atoms with Crippen LogP contribution in [-0.2, 0) is 10.3 Å². The van der Waals surface area contributed by atoms with Crippen LogP contribution in [0.2, 0.25) is 0 Å². The first-order valence-electron chi connectivity index (χ1n) is 9.00. The Morgan fingerprint density at radius 1 is 0.833 bits per heavy atom. The van der Waals surface area contributed by atoms with Gasteiger partial charge in [-0.05, 0) is 53.7 Å². The Balaban J connectivity index is 1.89.